The second kappa shape index (κ2) is 19.2. The van der Waals surface area contributed by atoms with Gasteiger partial charge in [0.25, 0.3) is 0 Å². The molecule has 342 valence electrons. The van der Waals surface area contributed by atoms with E-state index >= 15 is 0 Å². The van der Waals surface area contributed by atoms with Crippen molar-refractivity contribution >= 4 is 0 Å². The number of hydrogen-bond donors (Lipinski definition) is 1. The van der Waals surface area contributed by atoms with Crippen molar-refractivity contribution in [1.29, 1.82) is 0 Å². The molecule has 8 fully saturated rings. The lowest BCUT2D eigenvalue weighted by molar-refractivity contribution is -0.136. The molecule has 1 N–H and O–H groups in total. The van der Waals surface area contributed by atoms with Gasteiger partial charge in [-0.05, 0) is 227 Å². The van der Waals surface area contributed by atoms with Crippen LogP contribution in [-0.4, -0.2) is 23.9 Å². The predicted octanol–water partition coefficient (Wildman–Crippen LogP) is 16.4. The number of hydrogen-bond acceptors (Lipinski definition) is 2. The molecule has 8 saturated carbocycles. The summed E-state index contributed by atoms with van der Waals surface area (Å²) in [5.74, 6) is 13.3. The van der Waals surface area contributed by atoms with Crippen molar-refractivity contribution in [1.82, 2.24) is 0 Å². The van der Waals surface area contributed by atoms with Crippen LogP contribution in [0.4, 0.5) is 0 Å². The molecule has 18 atom stereocenters. The van der Waals surface area contributed by atoms with Gasteiger partial charge in [0.15, 0.2) is 0 Å². The molecule has 0 saturated heterocycles. The lowest BCUT2D eigenvalue weighted by atomic mass is 9.44. The van der Waals surface area contributed by atoms with Crippen LogP contribution in [-0.2, 0) is 4.74 Å². The van der Waals surface area contributed by atoms with Gasteiger partial charge in [0, 0.05) is 6.61 Å². The van der Waals surface area contributed by atoms with Crippen LogP contribution in [0.3, 0.4) is 0 Å². The molecule has 0 aromatic rings. The highest BCUT2D eigenvalue weighted by molar-refractivity contribution is 5.11. The fourth-order valence-electron chi connectivity index (χ4n) is 18.9. The average Bonchev–Trinajstić information content (AvgIpc) is 3.74. The van der Waals surface area contributed by atoms with Crippen LogP contribution in [0.1, 0.15) is 237 Å². The van der Waals surface area contributed by atoms with Crippen LogP contribution in [0.25, 0.3) is 0 Å². The van der Waals surface area contributed by atoms with Crippen LogP contribution < -0.4 is 0 Å². The van der Waals surface area contributed by atoms with Gasteiger partial charge < -0.3 is 9.84 Å². The zero-order valence-electron chi connectivity index (χ0n) is 41.5. The summed E-state index contributed by atoms with van der Waals surface area (Å²) in [4.78, 5) is 0. The van der Waals surface area contributed by atoms with E-state index in [1.165, 1.54) is 141 Å². The first-order valence-electron chi connectivity index (χ1n) is 27.3. The monoisotopic (exact) mass is 819 g/mol. The molecule has 8 aliphatic rings. The summed E-state index contributed by atoms with van der Waals surface area (Å²) in [7, 11) is 0. The van der Waals surface area contributed by atoms with E-state index in [-0.39, 0.29) is 6.10 Å². The van der Waals surface area contributed by atoms with E-state index < -0.39 is 0 Å². The van der Waals surface area contributed by atoms with Gasteiger partial charge in [-0.15, -0.1) is 0 Å². The van der Waals surface area contributed by atoms with Crippen LogP contribution in [0, 0.1) is 105 Å². The van der Waals surface area contributed by atoms with Crippen molar-refractivity contribution in [3.8, 4) is 0 Å². The quantitative estimate of drug-likeness (QED) is 0.201. The van der Waals surface area contributed by atoms with Gasteiger partial charge in [-0.3, -0.25) is 0 Å². The Hall–Kier alpha value is -0.0800. The first-order chi connectivity index (χ1) is 28.0. The molecule has 0 aromatic carbocycles. The number of aliphatic hydroxyl groups is 1. The highest BCUT2D eigenvalue weighted by Crippen LogP contribution is 2.70. The van der Waals surface area contributed by atoms with Crippen molar-refractivity contribution < 1.29 is 9.84 Å². The van der Waals surface area contributed by atoms with E-state index in [0.29, 0.717) is 27.8 Å². The van der Waals surface area contributed by atoms with E-state index in [0.717, 1.165) is 102 Å². The summed E-state index contributed by atoms with van der Waals surface area (Å²) >= 11 is 0. The summed E-state index contributed by atoms with van der Waals surface area (Å²) in [5.41, 5.74) is 2.40. The first-order valence-corrected chi connectivity index (χ1v) is 27.3. The summed E-state index contributed by atoms with van der Waals surface area (Å²) in [5, 5.41) is 10.3. The normalized spacial score (nSPS) is 47.5. The molecule has 0 unspecified atom stereocenters. The largest absolute Gasteiger partial charge is 0.393 e. The van der Waals surface area contributed by atoms with Gasteiger partial charge >= 0.3 is 0 Å². The van der Waals surface area contributed by atoms with Gasteiger partial charge in [0.1, 0.15) is 0 Å². The molecule has 0 heterocycles. The van der Waals surface area contributed by atoms with E-state index in [4.69, 9.17) is 4.74 Å². The highest BCUT2D eigenvalue weighted by atomic mass is 16.5. The Bertz CT molecular complexity index is 1320. The molecule has 0 aliphatic heterocycles. The Labute approximate surface area is 368 Å². The van der Waals surface area contributed by atoms with Crippen molar-refractivity contribution in [2.75, 3.05) is 6.61 Å². The predicted molar refractivity (Wildman–Crippen MR) is 252 cm³/mol. The fourth-order valence-corrected chi connectivity index (χ4v) is 18.9. The van der Waals surface area contributed by atoms with E-state index in [2.05, 4.69) is 76.2 Å². The Morgan fingerprint density at radius 3 is 1.41 bits per heavy atom. The Kier molecular flexibility index (Phi) is 15.2. The van der Waals surface area contributed by atoms with Gasteiger partial charge in [-0.2, -0.15) is 0 Å². The SMILES string of the molecule is CC(C)CCC[C@@H](C)[C@H]1CC[C@H]2[C@@H]3CC[C@H]4C[C@@H](O)CC[C@]4(C)[C@H]3CC[C@]12C.CCCO[C@H]1CC[C@@]2(C)[C@@H](CC[C@@H]3[C@@H]2CC[C@]2(C)[C@@H]([C@H](C)CCCC(C)C)CC[C@@H]32)C1. The van der Waals surface area contributed by atoms with E-state index in [9.17, 15) is 5.11 Å². The summed E-state index contributed by atoms with van der Waals surface area (Å²) in [6.07, 6.45) is 35.9. The number of aliphatic hydroxyl groups excluding tert-OH is 1. The van der Waals surface area contributed by atoms with Gasteiger partial charge in [-0.1, -0.05) is 115 Å². The third kappa shape index (κ3) is 9.25. The minimum atomic E-state index is -0.00830. The molecular weight excluding hydrogens is 717 g/mol. The third-order valence-corrected chi connectivity index (χ3v) is 22.2. The lowest BCUT2D eigenvalue weighted by Gasteiger charge is -2.61. The summed E-state index contributed by atoms with van der Waals surface area (Å²) in [6.45, 7) is 28.7. The van der Waals surface area contributed by atoms with Crippen molar-refractivity contribution in [2.24, 2.45) is 105 Å². The van der Waals surface area contributed by atoms with Crippen molar-refractivity contribution in [3.63, 3.8) is 0 Å². The summed E-state index contributed by atoms with van der Waals surface area (Å²) < 4.78 is 6.23. The molecule has 8 aliphatic carbocycles. The minimum Gasteiger partial charge on any atom is -0.393 e. The second-order valence-corrected chi connectivity index (χ2v) is 26.1. The van der Waals surface area contributed by atoms with Gasteiger partial charge in [0.05, 0.1) is 12.2 Å². The Morgan fingerprint density at radius 1 is 0.492 bits per heavy atom. The molecule has 0 radical (unpaired) electrons. The maximum absolute atomic E-state index is 10.3. The van der Waals surface area contributed by atoms with E-state index in [1.54, 1.807) is 6.42 Å². The molecule has 0 amide bonds. The third-order valence-electron chi connectivity index (χ3n) is 22.2. The Balaban J connectivity index is 0.000000180. The number of fused-ring (bicyclic) bond motifs is 10. The molecular formula is C57H102O2. The van der Waals surface area contributed by atoms with Crippen molar-refractivity contribution in [2.45, 2.75) is 249 Å². The topological polar surface area (TPSA) is 29.5 Å². The summed E-state index contributed by atoms with van der Waals surface area (Å²) in [6, 6.07) is 0. The van der Waals surface area contributed by atoms with Crippen LogP contribution in [0.2, 0.25) is 0 Å². The zero-order chi connectivity index (χ0) is 42.3. The van der Waals surface area contributed by atoms with Gasteiger partial charge in [-0.25, -0.2) is 0 Å². The maximum atomic E-state index is 10.3. The molecule has 2 nitrogen and oxygen atoms in total. The van der Waals surface area contributed by atoms with Crippen LogP contribution in [0.15, 0.2) is 0 Å². The lowest BCUT2D eigenvalue weighted by Crippen LogP contribution is -2.54. The minimum absolute atomic E-state index is 0.00830. The zero-order valence-corrected chi connectivity index (χ0v) is 41.5. The highest BCUT2D eigenvalue weighted by Gasteiger charge is 2.62. The first kappa shape index (κ1) is 46.9. The second-order valence-electron chi connectivity index (χ2n) is 26.1. The van der Waals surface area contributed by atoms with Crippen LogP contribution in [0.5, 0.6) is 0 Å². The smallest absolute Gasteiger partial charge is 0.0578 e. The molecule has 8 rings (SSSR count). The number of rotatable bonds is 13. The molecule has 2 heteroatoms. The Morgan fingerprint density at radius 2 is 0.932 bits per heavy atom. The van der Waals surface area contributed by atoms with Crippen molar-refractivity contribution in [3.05, 3.63) is 0 Å². The fraction of sp³-hybridized carbons (Fsp3) is 1.00. The molecule has 59 heavy (non-hydrogen) atoms. The van der Waals surface area contributed by atoms with E-state index in [1.807, 2.05) is 0 Å². The average molecular weight is 819 g/mol. The molecule has 0 spiro atoms. The van der Waals surface area contributed by atoms with Gasteiger partial charge in [0.2, 0.25) is 0 Å². The molecule has 0 bridgehead atoms. The standard InChI is InChI=1S/C30H54O.C27H48O/c1-7-19-31-24-15-17-29(5)23(20-24)11-12-25-27-14-13-26(22(4)10-8-9-21(2)3)30(27,6)18-16-28(25)29;1-18(2)7-6-8-19(3)23-11-12-24-22-10-9-20-17-21(28)13-15-26(20,4)25(22)14-16-27(23,24)5/h21-28H,7-20H2,1-6H3;18-25,28H,6-17H2,1-5H3/t22-,23+,24+,25+,26-,27+,28+,29+,30-;19-,20+,21+,22+,23-,24+,25+,26+,27-/m11/s1. The van der Waals surface area contributed by atoms with Crippen LogP contribution >= 0.6 is 0 Å². The molecule has 0 aromatic heterocycles. The maximum Gasteiger partial charge on any atom is 0.0578 e. The number of ether oxygens (including phenoxy) is 1.